The van der Waals surface area contributed by atoms with Crippen LogP contribution in [0, 0.1) is 23.1 Å². The molecule has 0 amide bonds. The van der Waals surface area contributed by atoms with E-state index in [1.807, 2.05) is 0 Å². The molecule has 2 aliphatic carbocycles. The number of nitriles is 1. The number of rotatable bonds is 3. The van der Waals surface area contributed by atoms with Gasteiger partial charge in [0.15, 0.2) is 0 Å². The Morgan fingerprint density at radius 2 is 2.29 bits per heavy atom. The molecular formula is C14H15FN2. The highest BCUT2D eigenvalue weighted by molar-refractivity contribution is 5.43. The maximum atomic E-state index is 13.1. The van der Waals surface area contributed by atoms with E-state index < -0.39 is 5.54 Å². The van der Waals surface area contributed by atoms with E-state index in [0.29, 0.717) is 0 Å². The van der Waals surface area contributed by atoms with E-state index in [1.165, 1.54) is 18.9 Å². The van der Waals surface area contributed by atoms with Gasteiger partial charge in [-0.1, -0.05) is 6.07 Å². The van der Waals surface area contributed by atoms with Crippen LogP contribution in [0.15, 0.2) is 18.2 Å². The van der Waals surface area contributed by atoms with E-state index in [9.17, 15) is 9.65 Å². The van der Waals surface area contributed by atoms with E-state index in [1.54, 1.807) is 12.1 Å². The smallest absolute Gasteiger partial charge is 0.132 e. The van der Waals surface area contributed by atoms with Gasteiger partial charge in [0.2, 0.25) is 0 Å². The zero-order valence-corrected chi connectivity index (χ0v) is 9.67. The van der Waals surface area contributed by atoms with Gasteiger partial charge in [0.1, 0.15) is 11.4 Å². The summed E-state index contributed by atoms with van der Waals surface area (Å²) in [6, 6.07) is 7.18. The highest BCUT2D eigenvalue weighted by Crippen LogP contribution is 2.38. The lowest BCUT2D eigenvalue weighted by Gasteiger charge is -2.24. The molecule has 1 aromatic rings. The molecule has 3 heteroatoms. The molecule has 0 radical (unpaired) electrons. The largest absolute Gasteiger partial charge is 0.295 e. The molecule has 1 fully saturated rings. The second-order valence-electron chi connectivity index (χ2n) is 5.14. The Kier molecular flexibility index (Phi) is 2.41. The second-order valence-corrected chi connectivity index (χ2v) is 5.14. The lowest BCUT2D eigenvalue weighted by atomic mass is 9.93. The first-order valence-corrected chi connectivity index (χ1v) is 6.19. The molecule has 3 rings (SSSR count). The Hall–Kier alpha value is -1.40. The maximum absolute atomic E-state index is 13.1. The fraction of sp³-hybridized carbons (Fsp3) is 0.500. The molecule has 1 saturated carbocycles. The van der Waals surface area contributed by atoms with Gasteiger partial charge in [0.25, 0.3) is 0 Å². The maximum Gasteiger partial charge on any atom is 0.132 e. The van der Waals surface area contributed by atoms with Gasteiger partial charge >= 0.3 is 0 Å². The number of aryl methyl sites for hydroxylation is 1. The van der Waals surface area contributed by atoms with Crippen LogP contribution in [0.4, 0.5) is 4.39 Å². The van der Waals surface area contributed by atoms with Crippen LogP contribution in [0.5, 0.6) is 0 Å². The van der Waals surface area contributed by atoms with E-state index >= 15 is 0 Å². The summed E-state index contributed by atoms with van der Waals surface area (Å²) in [6.07, 6.45) is 4.09. The third-order valence-corrected chi connectivity index (χ3v) is 3.88. The average Bonchev–Trinajstić information content (AvgIpc) is 3.10. The Labute approximate surface area is 100 Å². The van der Waals surface area contributed by atoms with Crippen molar-refractivity contribution in [2.75, 3.05) is 6.54 Å². The number of fused-ring (bicyclic) bond motifs is 1. The van der Waals surface area contributed by atoms with E-state index in [4.69, 9.17) is 0 Å². The SMILES string of the molecule is N#CC1(NCC2CC2)CCc2cc(F)ccc21. The molecule has 0 aromatic heterocycles. The van der Waals surface area contributed by atoms with Crippen molar-refractivity contribution in [2.24, 2.45) is 5.92 Å². The number of nitrogens with zero attached hydrogens (tertiary/aromatic N) is 1. The molecule has 0 aliphatic heterocycles. The van der Waals surface area contributed by atoms with Crippen LogP contribution in [0.3, 0.4) is 0 Å². The Morgan fingerprint density at radius 3 is 3.00 bits per heavy atom. The molecular weight excluding hydrogens is 215 g/mol. The molecule has 1 N–H and O–H groups in total. The fourth-order valence-corrected chi connectivity index (χ4v) is 2.62. The quantitative estimate of drug-likeness (QED) is 0.866. The van der Waals surface area contributed by atoms with Crippen molar-refractivity contribution in [3.8, 4) is 6.07 Å². The highest BCUT2D eigenvalue weighted by atomic mass is 19.1. The molecule has 88 valence electrons. The van der Waals surface area contributed by atoms with Crippen molar-refractivity contribution in [3.63, 3.8) is 0 Å². The number of nitrogens with one attached hydrogen (secondary N) is 1. The minimum Gasteiger partial charge on any atom is -0.295 e. The van der Waals surface area contributed by atoms with Crippen LogP contribution in [0.25, 0.3) is 0 Å². The van der Waals surface area contributed by atoms with E-state index in [2.05, 4.69) is 11.4 Å². The minimum absolute atomic E-state index is 0.209. The molecule has 1 aromatic carbocycles. The number of hydrogen-bond acceptors (Lipinski definition) is 2. The van der Waals surface area contributed by atoms with Crippen LogP contribution in [-0.2, 0) is 12.0 Å². The van der Waals surface area contributed by atoms with Gasteiger partial charge in [-0.15, -0.1) is 0 Å². The van der Waals surface area contributed by atoms with Gasteiger partial charge in [-0.25, -0.2) is 4.39 Å². The van der Waals surface area contributed by atoms with Crippen molar-refractivity contribution >= 4 is 0 Å². The first kappa shape index (κ1) is 10.7. The number of benzene rings is 1. The van der Waals surface area contributed by atoms with Crippen LogP contribution >= 0.6 is 0 Å². The summed E-state index contributed by atoms with van der Waals surface area (Å²) in [5.74, 6) is 0.532. The van der Waals surface area contributed by atoms with Crippen LogP contribution < -0.4 is 5.32 Å². The zero-order chi connectivity index (χ0) is 11.9. The fourth-order valence-electron chi connectivity index (χ4n) is 2.62. The summed E-state index contributed by atoms with van der Waals surface area (Å²) in [7, 11) is 0. The van der Waals surface area contributed by atoms with Gasteiger partial charge in [0.05, 0.1) is 6.07 Å². The predicted octanol–water partition coefficient (Wildman–Crippen LogP) is 2.49. The molecule has 1 unspecified atom stereocenters. The number of hydrogen-bond donors (Lipinski definition) is 1. The number of halogens is 1. The second kappa shape index (κ2) is 3.82. The van der Waals surface area contributed by atoms with Gasteiger partial charge in [-0.2, -0.15) is 5.26 Å². The molecule has 1 atom stereocenters. The van der Waals surface area contributed by atoms with Crippen molar-refractivity contribution in [3.05, 3.63) is 35.1 Å². The monoisotopic (exact) mass is 230 g/mol. The Bertz CT molecular complexity index is 487. The summed E-state index contributed by atoms with van der Waals surface area (Å²) >= 11 is 0. The molecule has 2 nitrogen and oxygen atoms in total. The topological polar surface area (TPSA) is 35.8 Å². The van der Waals surface area contributed by atoms with Crippen molar-refractivity contribution < 1.29 is 4.39 Å². The third-order valence-electron chi connectivity index (χ3n) is 3.88. The van der Waals surface area contributed by atoms with E-state index in [0.717, 1.165) is 36.4 Å². The molecule has 2 aliphatic rings. The normalized spacial score (nSPS) is 26.6. The van der Waals surface area contributed by atoms with Crippen LogP contribution in [0.2, 0.25) is 0 Å². The van der Waals surface area contributed by atoms with Crippen LogP contribution in [-0.4, -0.2) is 6.54 Å². The van der Waals surface area contributed by atoms with E-state index in [-0.39, 0.29) is 5.82 Å². The summed E-state index contributed by atoms with van der Waals surface area (Å²) in [5.41, 5.74) is 1.38. The first-order valence-electron chi connectivity index (χ1n) is 6.19. The molecule has 0 heterocycles. The predicted molar refractivity (Wildman–Crippen MR) is 62.7 cm³/mol. The minimum atomic E-state index is -0.578. The van der Waals surface area contributed by atoms with Crippen molar-refractivity contribution in [1.29, 1.82) is 5.26 Å². The summed E-state index contributed by atoms with van der Waals surface area (Å²) < 4.78 is 13.1. The summed E-state index contributed by atoms with van der Waals surface area (Å²) in [5, 5.41) is 12.9. The van der Waals surface area contributed by atoms with Gasteiger partial charge in [-0.05, 0) is 61.4 Å². The lowest BCUT2D eigenvalue weighted by molar-refractivity contribution is 0.415. The van der Waals surface area contributed by atoms with Crippen molar-refractivity contribution in [2.45, 2.75) is 31.2 Å². The molecule has 0 spiro atoms. The Morgan fingerprint density at radius 1 is 1.47 bits per heavy atom. The average molecular weight is 230 g/mol. The Balaban J connectivity index is 1.89. The van der Waals surface area contributed by atoms with Gasteiger partial charge < -0.3 is 0 Å². The highest BCUT2D eigenvalue weighted by Gasteiger charge is 2.40. The lowest BCUT2D eigenvalue weighted by Crippen LogP contribution is -2.40. The van der Waals surface area contributed by atoms with Crippen LogP contribution in [0.1, 0.15) is 30.4 Å². The summed E-state index contributed by atoms with van der Waals surface area (Å²) in [6.45, 7) is 0.907. The standard InChI is InChI=1S/C14H15FN2/c15-12-3-4-13-11(7-12)5-6-14(13,9-16)17-8-10-1-2-10/h3-4,7,10,17H,1-2,5-6,8H2. The summed E-state index contributed by atoms with van der Waals surface area (Å²) in [4.78, 5) is 0. The molecule has 0 saturated heterocycles. The zero-order valence-electron chi connectivity index (χ0n) is 9.67. The van der Waals surface area contributed by atoms with Gasteiger partial charge in [-0.3, -0.25) is 5.32 Å². The first-order chi connectivity index (χ1) is 8.23. The third kappa shape index (κ3) is 1.83. The molecule has 0 bridgehead atoms. The molecule has 17 heavy (non-hydrogen) atoms. The van der Waals surface area contributed by atoms with Gasteiger partial charge in [0, 0.05) is 0 Å². The van der Waals surface area contributed by atoms with Crippen molar-refractivity contribution in [1.82, 2.24) is 5.32 Å².